The summed E-state index contributed by atoms with van der Waals surface area (Å²) in [5, 5.41) is 9.65. The molecule has 1 aliphatic rings. The minimum Gasteiger partial charge on any atom is -0.459 e. The number of furan rings is 1. The largest absolute Gasteiger partial charge is 0.459 e. The van der Waals surface area contributed by atoms with Gasteiger partial charge in [-0.2, -0.15) is 5.10 Å². The van der Waals surface area contributed by atoms with Crippen molar-refractivity contribution in [3.63, 3.8) is 0 Å². The van der Waals surface area contributed by atoms with Crippen LogP contribution < -0.4 is 10.6 Å². The molecule has 0 unspecified atom stereocenters. The highest BCUT2D eigenvalue weighted by molar-refractivity contribution is 6.02. The van der Waals surface area contributed by atoms with E-state index in [2.05, 4.69) is 21.8 Å². The lowest BCUT2D eigenvalue weighted by molar-refractivity contribution is -0.122. The van der Waals surface area contributed by atoms with Gasteiger partial charge in [0.2, 0.25) is 5.91 Å². The molecule has 8 heteroatoms. The first-order valence-corrected chi connectivity index (χ1v) is 9.02. The van der Waals surface area contributed by atoms with Gasteiger partial charge in [0.05, 0.1) is 24.8 Å². The Balaban J connectivity index is 1.29. The molecule has 2 amide bonds. The van der Waals surface area contributed by atoms with Crippen LogP contribution >= 0.6 is 0 Å². The number of hydrogen-bond acceptors (Lipinski definition) is 5. The van der Waals surface area contributed by atoms with Gasteiger partial charge in [-0.3, -0.25) is 14.3 Å². The van der Waals surface area contributed by atoms with Crippen molar-refractivity contribution in [1.82, 2.24) is 15.1 Å². The lowest BCUT2D eigenvalue weighted by Crippen LogP contribution is -2.34. The second-order valence-corrected chi connectivity index (χ2v) is 6.47. The summed E-state index contributed by atoms with van der Waals surface area (Å²) in [6.45, 7) is 1.10. The predicted octanol–water partition coefficient (Wildman–Crippen LogP) is 2.16. The maximum atomic E-state index is 12.3. The Kier molecular flexibility index (Phi) is 5.20. The number of fused-ring (bicyclic) bond motifs is 1. The summed E-state index contributed by atoms with van der Waals surface area (Å²) in [7, 11) is 0. The number of carbonyl (C=O) groups excluding carboxylic acids is 2. The van der Waals surface area contributed by atoms with E-state index >= 15 is 0 Å². The first kappa shape index (κ1) is 18.0. The molecule has 0 spiro atoms. The van der Waals surface area contributed by atoms with Gasteiger partial charge in [-0.15, -0.1) is 0 Å². The van der Waals surface area contributed by atoms with Crippen LogP contribution in [0.25, 0.3) is 0 Å². The summed E-state index contributed by atoms with van der Waals surface area (Å²) in [6.07, 6.45) is 5.24. The average molecular weight is 380 g/mol. The highest BCUT2D eigenvalue weighted by Crippen LogP contribution is 2.26. The molecule has 0 aliphatic carbocycles. The molecule has 3 heterocycles. The Morgan fingerprint density at radius 2 is 2.11 bits per heavy atom. The number of amides is 2. The third kappa shape index (κ3) is 4.12. The van der Waals surface area contributed by atoms with Gasteiger partial charge in [0.15, 0.2) is 5.76 Å². The Bertz CT molecular complexity index is 964. The summed E-state index contributed by atoms with van der Waals surface area (Å²) in [5.41, 5.74) is 2.87. The molecule has 2 N–H and O–H groups in total. The molecule has 4 rings (SSSR count). The van der Waals surface area contributed by atoms with Crippen molar-refractivity contribution in [2.75, 3.05) is 18.5 Å². The fourth-order valence-electron chi connectivity index (χ4n) is 3.17. The zero-order valence-corrected chi connectivity index (χ0v) is 15.1. The summed E-state index contributed by atoms with van der Waals surface area (Å²) in [4.78, 5) is 24.2. The highest BCUT2D eigenvalue weighted by Gasteiger charge is 2.21. The number of aromatic nitrogens is 2. The molecule has 0 saturated carbocycles. The van der Waals surface area contributed by atoms with E-state index < -0.39 is 0 Å². The third-order valence-corrected chi connectivity index (χ3v) is 4.52. The number of carbonyl (C=O) groups is 2. The lowest BCUT2D eigenvalue weighted by Gasteiger charge is -2.26. The van der Waals surface area contributed by atoms with Crippen LogP contribution in [0.4, 0.5) is 5.69 Å². The molecule has 0 radical (unpaired) electrons. The van der Waals surface area contributed by atoms with E-state index in [1.807, 2.05) is 18.2 Å². The summed E-state index contributed by atoms with van der Waals surface area (Å²) in [5.74, 6) is -0.348. The van der Waals surface area contributed by atoms with Crippen LogP contribution in [-0.4, -0.2) is 34.7 Å². The molecular formula is C20H20N4O4. The molecule has 1 aliphatic heterocycles. The van der Waals surface area contributed by atoms with E-state index in [9.17, 15) is 9.59 Å². The fourth-order valence-corrected chi connectivity index (χ4v) is 3.17. The van der Waals surface area contributed by atoms with E-state index in [1.165, 1.54) is 22.7 Å². The van der Waals surface area contributed by atoms with Crippen LogP contribution in [0.1, 0.15) is 27.8 Å². The number of nitrogens with zero attached hydrogens (tertiary/aromatic N) is 2. The van der Waals surface area contributed by atoms with Gasteiger partial charge in [-0.05, 0) is 29.7 Å². The molecule has 0 fully saturated rings. The number of benzene rings is 1. The van der Waals surface area contributed by atoms with Crippen LogP contribution in [0, 0.1) is 0 Å². The maximum Gasteiger partial charge on any atom is 0.291 e. The second kappa shape index (κ2) is 8.10. The standard InChI is InChI=1S/C20H20N4O4/c25-19(21-11-18-16-5-2-1-4-14(16)7-9-28-18)13-24-12-15(10-22-24)23-20(26)17-6-3-8-27-17/h1-6,8,10,12,18H,7,9,11,13H2,(H,21,25)(H,23,26)/t18-/m0/s1. The average Bonchev–Trinajstić information content (AvgIpc) is 3.39. The molecule has 2 aromatic heterocycles. The van der Waals surface area contributed by atoms with Crippen molar-refractivity contribution in [2.45, 2.75) is 19.1 Å². The summed E-state index contributed by atoms with van der Waals surface area (Å²) >= 11 is 0. The van der Waals surface area contributed by atoms with Gasteiger partial charge in [0.25, 0.3) is 5.91 Å². The normalized spacial score (nSPS) is 15.6. The first-order chi connectivity index (χ1) is 13.7. The van der Waals surface area contributed by atoms with Crippen molar-refractivity contribution >= 4 is 17.5 Å². The molecular weight excluding hydrogens is 360 g/mol. The van der Waals surface area contributed by atoms with Gasteiger partial charge >= 0.3 is 0 Å². The van der Waals surface area contributed by atoms with E-state index in [0.717, 1.165) is 12.0 Å². The van der Waals surface area contributed by atoms with Crippen molar-refractivity contribution in [1.29, 1.82) is 0 Å². The lowest BCUT2D eigenvalue weighted by atomic mass is 9.97. The molecule has 8 nitrogen and oxygen atoms in total. The highest BCUT2D eigenvalue weighted by atomic mass is 16.5. The van der Waals surface area contributed by atoms with E-state index in [0.29, 0.717) is 18.8 Å². The summed E-state index contributed by atoms with van der Waals surface area (Å²) in [6, 6.07) is 11.3. The van der Waals surface area contributed by atoms with Crippen molar-refractivity contribution < 1.29 is 18.7 Å². The van der Waals surface area contributed by atoms with Gasteiger partial charge in [-0.25, -0.2) is 0 Å². The Morgan fingerprint density at radius 1 is 1.21 bits per heavy atom. The van der Waals surface area contributed by atoms with Gasteiger partial charge < -0.3 is 19.8 Å². The molecule has 3 aromatic rings. The van der Waals surface area contributed by atoms with E-state index in [4.69, 9.17) is 9.15 Å². The molecule has 28 heavy (non-hydrogen) atoms. The number of hydrogen-bond donors (Lipinski definition) is 2. The molecule has 1 atom stereocenters. The molecule has 0 saturated heterocycles. The van der Waals surface area contributed by atoms with Crippen LogP contribution in [0.5, 0.6) is 0 Å². The van der Waals surface area contributed by atoms with Gasteiger partial charge in [0, 0.05) is 12.7 Å². The Hall–Kier alpha value is -3.39. The third-order valence-electron chi connectivity index (χ3n) is 4.52. The minimum absolute atomic E-state index is 0.0466. The molecule has 144 valence electrons. The number of ether oxygens (including phenoxy) is 1. The van der Waals surface area contributed by atoms with E-state index in [-0.39, 0.29) is 30.2 Å². The van der Waals surface area contributed by atoms with Crippen LogP contribution in [0.15, 0.2) is 59.5 Å². The number of rotatable bonds is 6. The first-order valence-electron chi connectivity index (χ1n) is 9.02. The predicted molar refractivity (Wildman–Crippen MR) is 101 cm³/mol. The quantitative estimate of drug-likeness (QED) is 0.683. The minimum atomic E-state index is -0.373. The second-order valence-electron chi connectivity index (χ2n) is 6.47. The van der Waals surface area contributed by atoms with Gasteiger partial charge in [-0.1, -0.05) is 24.3 Å². The monoisotopic (exact) mass is 380 g/mol. The van der Waals surface area contributed by atoms with Crippen molar-refractivity contribution in [3.05, 3.63) is 71.9 Å². The zero-order chi connectivity index (χ0) is 19.3. The smallest absolute Gasteiger partial charge is 0.291 e. The number of nitrogens with one attached hydrogen (secondary N) is 2. The van der Waals surface area contributed by atoms with Crippen LogP contribution in [0.2, 0.25) is 0 Å². The Morgan fingerprint density at radius 3 is 2.96 bits per heavy atom. The SMILES string of the molecule is O=C(Cn1cc(NC(=O)c2ccco2)cn1)NC[C@@H]1OCCc2ccccc21. The van der Waals surface area contributed by atoms with Crippen LogP contribution in [0.3, 0.4) is 0 Å². The summed E-state index contributed by atoms with van der Waals surface area (Å²) < 4.78 is 12.3. The zero-order valence-electron chi connectivity index (χ0n) is 15.1. The Labute approximate surface area is 161 Å². The topological polar surface area (TPSA) is 98.4 Å². The van der Waals surface area contributed by atoms with Crippen molar-refractivity contribution in [3.8, 4) is 0 Å². The molecule has 0 bridgehead atoms. The fraction of sp³-hybridized carbons (Fsp3) is 0.250. The van der Waals surface area contributed by atoms with Crippen molar-refractivity contribution in [2.24, 2.45) is 0 Å². The van der Waals surface area contributed by atoms with Gasteiger partial charge in [0.1, 0.15) is 12.6 Å². The molecule has 1 aromatic carbocycles. The van der Waals surface area contributed by atoms with E-state index in [1.54, 1.807) is 18.3 Å². The number of anilines is 1. The maximum absolute atomic E-state index is 12.3. The van der Waals surface area contributed by atoms with Crippen LogP contribution in [-0.2, 0) is 22.5 Å².